The lowest BCUT2D eigenvalue weighted by Crippen LogP contribution is -2.14. The molecule has 0 unspecified atom stereocenters. The van der Waals surface area contributed by atoms with Gasteiger partial charge >= 0.3 is 0 Å². The van der Waals surface area contributed by atoms with E-state index >= 15 is 0 Å². The zero-order chi connectivity index (χ0) is 32.4. The second-order valence-electron chi connectivity index (χ2n) is 14.0. The fourth-order valence-corrected chi connectivity index (χ4v) is 11.4. The van der Waals surface area contributed by atoms with Gasteiger partial charge in [-0.2, -0.15) is 0 Å². The van der Waals surface area contributed by atoms with Crippen molar-refractivity contribution in [3.05, 3.63) is 157 Å². The molecule has 11 rings (SSSR count). The zero-order valence-electron chi connectivity index (χ0n) is 27.2. The Balaban J connectivity index is 1.28. The standard InChI is InChI=1S/C47H30S2/c1-47(2)38-20-10-7-13-28(38)29-24-23-27(25-39(29)47)42-31-15-3-5-17-33(31)43(34-18-6-4-16-32(34)42)37-26-36-30-14-8-11-21-40(30)48-45(36)46-44(37)35-19-9-12-22-41(35)49-46/h3-26H,1-2H3. The highest BCUT2D eigenvalue weighted by atomic mass is 32.1. The Morgan fingerprint density at radius 2 is 0.918 bits per heavy atom. The molecule has 1 aliphatic carbocycles. The summed E-state index contributed by atoms with van der Waals surface area (Å²) < 4.78 is 5.48. The van der Waals surface area contributed by atoms with Crippen LogP contribution in [0.15, 0.2) is 146 Å². The van der Waals surface area contributed by atoms with Crippen molar-refractivity contribution >= 4 is 84.6 Å². The van der Waals surface area contributed by atoms with Crippen LogP contribution in [0.25, 0.3) is 95.3 Å². The molecule has 0 spiro atoms. The molecule has 2 heterocycles. The quantitative estimate of drug-likeness (QED) is 0.162. The minimum atomic E-state index is -0.0577. The van der Waals surface area contributed by atoms with Crippen LogP contribution in [0.2, 0.25) is 0 Å². The molecule has 0 bridgehead atoms. The fourth-order valence-electron chi connectivity index (χ4n) is 8.85. The van der Waals surface area contributed by atoms with E-state index in [1.54, 1.807) is 0 Å². The van der Waals surface area contributed by atoms with Crippen LogP contribution in [-0.4, -0.2) is 0 Å². The summed E-state index contributed by atoms with van der Waals surface area (Å²) in [5.41, 5.74) is 10.7. The van der Waals surface area contributed by atoms with Gasteiger partial charge in [-0.15, -0.1) is 22.7 Å². The summed E-state index contributed by atoms with van der Waals surface area (Å²) >= 11 is 3.88. The summed E-state index contributed by atoms with van der Waals surface area (Å²) in [7, 11) is 0. The molecule has 8 aromatic carbocycles. The number of benzene rings is 8. The van der Waals surface area contributed by atoms with Crippen molar-refractivity contribution in [2.24, 2.45) is 0 Å². The van der Waals surface area contributed by atoms with Crippen molar-refractivity contribution < 1.29 is 0 Å². The summed E-state index contributed by atoms with van der Waals surface area (Å²) in [6, 6.07) is 54.8. The van der Waals surface area contributed by atoms with Gasteiger partial charge in [0.15, 0.2) is 0 Å². The highest BCUT2D eigenvalue weighted by molar-refractivity contribution is 7.33. The first-order valence-corrected chi connectivity index (χ1v) is 18.7. The highest BCUT2D eigenvalue weighted by Gasteiger charge is 2.35. The molecule has 0 nitrogen and oxygen atoms in total. The van der Waals surface area contributed by atoms with Gasteiger partial charge in [0.1, 0.15) is 0 Å². The van der Waals surface area contributed by atoms with E-state index in [4.69, 9.17) is 0 Å². The van der Waals surface area contributed by atoms with Crippen molar-refractivity contribution in [1.29, 1.82) is 0 Å². The van der Waals surface area contributed by atoms with Gasteiger partial charge in [-0.05, 0) is 90.3 Å². The second kappa shape index (κ2) is 9.89. The topological polar surface area (TPSA) is 0 Å². The van der Waals surface area contributed by atoms with E-state index in [0.717, 1.165) is 0 Å². The highest BCUT2D eigenvalue weighted by Crippen LogP contribution is 2.54. The lowest BCUT2D eigenvalue weighted by Gasteiger charge is -2.23. The Morgan fingerprint density at radius 1 is 0.388 bits per heavy atom. The van der Waals surface area contributed by atoms with Gasteiger partial charge in [0, 0.05) is 36.4 Å². The first-order chi connectivity index (χ1) is 24.1. The minimum Gasteiger partial charge on any atom is -0.134 e. The lowest BCUT2D eigenvalue weighted by molar-refractivity contribution is 0.660. The predicted molar refractivity (Wildman–Crippen MR) is 216 cm³/mol. The number of hydrogen-bond donors (Lipinski definition) is 0. The van der Waals surface area contributed by atoms with E-state index in [2.05, 4.69) is 159 Å². The molecule has 10 aromatic rings. The lowest BCUT2D eigenvalue weighted by atomic mass is 9.80. The molecule has 0 N–H and O–H groups in total. The maximum absolute atomic E-state index is 2.51. The fraction of sp³-hybridized carbons (Fsp3) is 0.0638. The van der Waals surface area contributed by atoms with Gasteiger partial charge in [0.25, 0.3) is 0 Å². The molecule has 2 aromatic heterocycles. The number of fused-ring (bicyclic) bond motifs is 12. The van der Waals surface area contributed by atoms with Crippen LogP contribution in [-0.2, 0) is 5.41 Å². The molecule has 230 valence electrons. The van der Waals surface area contributed by atoms with Gasteiger partial charge in [-0.1, -0.05) is 135 Å². The van der Waals surface area contributed by atoms with Crippen LogP contribution >= 0.6 is 22.7 Å². The van der Waals surface area contributed by atoms with E-state index < -0.39 is 0 Å². The molecule has 0 amide bonds. The van der Waals surface area contributed by atoms with Gasteiger partial charge in [0.2, 0.25) is 0 Å². The monoisotopic (exact) mass is 658 g/mol. The Labute approximate surface area is 292 Å². The van der Waals surface area contributed by atoms with Crippen molar-refractivity contribution in [2.45, 2.75) is 19.3 Å². The maximum atomic E-state index is 2.51. The van der Waals surface area contributed by atoms with Crippen molar-refractivity contribution in [3.63, 3.8) is 0 Å². The Bertz CT molecular complexity index is 2970. The van der Waals surface area contributed by atoms with Gasteiger partial charge in [-0.3, -0.25) is 0 Å². The number of hydrogen-bond acceptors (Lipinski definition) is 2. The summed E-state index contributed by atoms with van der Waals surface area (Å²) in [4.78, 5) is 0. The minimum absolute atomic E-state index is 0.0577. The van der Waals surface area contributed by atoms with Crippen LogP contribution in [0.4, 0.5) is 0 Å². The zero-order valence-corrected chi connectivity index (χ0v) is 28.8. The molecule has 0 fully saturated rings. The number of rotatable bonds is 2. The summed E-state index contributed by atoms with van der Waals surface area (Å²) in [5.74, 6) is 0. The van der Waals surface area contributed by atoms with E-state index in [-0.39, 0.29) is 5.41 Å². The van der Waals surface area contributed by atoms with Gasteiger partial charge in [0.05, 0.1) is 9.40 Å². The molecule has 0 saturated heterocycles. The van der Waals surface area contributed by atoms with Crippen LogP contribution in [0.3, 0.4) is 0 Å². The third kappa shape index (κ3) is 3.68. The second-order valence-corrected chi connectivity index (χ2v) is 16.1. The van der Waals surface area contributed by atoms with E-state index in [9.17, 15) is 0 Å². The Morgan fingerprint density at radius 3 is 1.63 bits per heavy atom. The van der Waals surface area contributed by atoms with E-state index in [1.165, 1.54) is 106 Å². The molecule has 0 radical (unpaired) electrons. The van der Waals surface area contributed by atoms with Gasteiger partial charge in [-0.25, -0.2) is 0 Å². The average molecular weight is 659 g/mol. The third-order valence-corrected chi connectivity index (χ3v) is 13.6. The van der Waals surface area contributed by atoms with Crippen molar-refractivity contribution in [3.8, 4) is 33.4 Å². The molecular formula is C47H30S2. The molecule has 0 atom stereocenters. The molecule has 2 heteroatoms. The average Bonchev–Trinajstić information content (AvgIpc) is 3.79. The van der Waals surface area contributed by atoms with Crippen LogP contribution in [0.1, 0.15) is 25.0 Å². The smallest absolute Gasteiger partial charge is 0.0540 e. The summed E-state index contributed by atoms with van der Waals surface area (Å²) in [5, 5.41) is 10.6. The molecule has 1 aliphatic rings. The van der Waals surface area contributed by atoms with Crippen molar-refractivity contribution in [1.82, 2.24) is 0 Å². The summed E-state index contributed by atoms with van der Waals surface area (Å²) in [6.07, 6.45) is 0. The first-order valence-electron chi connectivity index (χ1n) is 17.0. The third-order valence-electron chi connectivity index (χ3n) is 11.1. The molecular weight excluding hydrogens is 629 g/mol. The molecule has 49 heavy (non-hydrogen) atoms. The maximum Gasteiger partial charge on any atom is 0.0540 e. The SMILES string of the molecule is CC1(C)c2ccccc2-c2ccc(-c3c4ccccc4c(-c4cc5c6ccccc6sc5c5sc6ccccc6c45)c4ccccc34)cc21. The Kier molecular flexibility index (Phi) is 5.58. The summed E-state index contributed by atoms with van der Waals surface area (Å²) in [6.45, 7) is 4.75. The van der Waals surface area contributed by atoms with E-state index in [0.29, 0.717) is 0 Å². The van der Waals surface area contributed by atoms with Gasteiger partial charge < -0.3 is 0 Å². The van der Waals surface area contributed by atoms with Crippen molar-refractivity contribution in [2.75, 3.05) is 0 Å². The van der Waals surface area contributed by atoms with Crippen LogP contribution in [0.5, 0.6) is 0 Å². The van der Waals surface area contributed by atoms with E-state index in [1.807, 2.05) is 22.7 Å². The predicted octanol–water partition coefficient (Wildman–Crippen LogP) is 14.4. The van der Waals surface area contributed by atoms with Crippen LogP contribution in [0, 0.1) is 0 Å². The number of thiophene rings is 2. The van der Waals surface area contributed by atoms with Crippen LogP contribution < -0.4 is 0 Å². The normalized spacial score (nSPS) is 13.7. The Hall–Kier alpha value is -5.28. The molecule has 0 aliphatic heterocycles. The molecule has 0 saturated carbocycles. The first kappa shape index (κ1) is 27.6. The largest absolute Gasteiger partial charge is 0.134 e.